The fraction of sp³-hybridized carbons (Fsp3) is 0.324. The second-order valence-corrected chi connectivity index (χ2v) is 11.8. The van der Waals surface area contributed by atoms with Crippen LogP contribution in [0.25, 0.3) is 16.0 Å². The molecule has 2 atom stereocenters. The number of thiazole rings is 1. The van der Waals surface area contributed by atoms with E-state index in [9.17, 15) is 14.7 Å². The van der Waals surface area contributed by atoms with Crippen LogP contribution >= 0.6 is 11.3 Å². The summed E-state index contributed by atoms with van der Waals surface area (Å²) in [6.07, 6.45) is 2.57. The summed E-state index contributed by atoms with van der Waals surface area (Å²) in [5.41, 5.74) is 2.57. The summed E-state index contributed by atoms with van der Waals surface area (Å²) >= 11 is 1.28. The number of ether oxygens (including phenoxy) is 4. The Balaban J connectivity index is 1.50. The Morgan fingerprint density at radius 1 is 1.07 bits per heavy atom. The molecular formula is C34H34N2O7S. The molecule has 3 heterocycles. The lowest BCUT2D eigenvalue weighted by atomic mass is 9.94. The smallest absolute Gasteiger partial charge is 0.301 e. The Morgan fingerprint density at radius 2 is 1.91 bits per heavy atom. The number of methoxy groups -OCH3 is 1. The molecule has 4 aromatic rings. The molecule has 1 N–H and O–H groups in total. The number of carbonyl (C=O) groups is 2. The average Bonchev–Trinajstić information content (AvgIpc) is 3.69. The molecule has 2 aliphatic heterocycles. The van der Waals surface area contributed by atoms with Crippen LogP contribution in [0.3, 0.4) is 0 Å². The lowest BCUT2D eigenvalue weighted by molar-refractivity contribution is -0.132. The van der Waals surface area contributed by atoms with E-state index in [-0.39, 0.29) is 17.4 Å². The zero-order valence-electron chi connectivity index (χ0n) is 25.1. The van der Waals surface area contributed by atoms with Crippen LogP contribution in [0.1, 0.15) is 56.3 Å². The van der Waals surface area contributed by atoms with Gasteiger partial charge in [-0.05, 0) is 79.9 Å². The number of unbranched alkanes of at least 4 members (excludes halogenated alkanes) is 1. The van der Waals surface area contributed by atoms with E-state index in [4.69, 9.17) is 23.9 Å². The summed E-state index contributed by atoms with van der Waals surface area (Å²) in [6.45, 7) is 7.01. The number of carbonyl (C=O) groups excluding carboxylic acids is 2. The maximum atomic E-state index is 13.8. The molecule has 1 fully saturated rings. The van der Waals surface area contributed by atoms with E-state index in [1.807, 2.05) is 38.1 Å². The van der Waals surface area contributed by atoms with Crippen LogP contribution in [0.2, 0.25) is 0 Å². The quantitative estimate of drug-likeness (QED) is 0.0896. The Morgan fingerprint density at radius 3 is 2.68 bits per heavy atom. The molecule has 1 aromatic heterocycles. The molecular weight excluding hydrogens is 580 g/mol. The van der Waals surface area contributed by atoms with E-state index in [0.29, 0.717) is 58.7 Å². The fourth-order valence-electron chi connectivity index (χ4n) is 5.62. The van der Waals surface area contributed by atoms with Crippen LogP contribution in [0.5, 0.6) is 23.0 Å². The number of ketones is 1. The summed E-state index contributed by atoms with van der Waals surface area (Å²) in [5, 5.41) is 12.0. The second kappa shape index (κ2) is 12.2. The number of aromatic nitrogens is 1. The number of amides is 1. The third-order valence-corrected chi connectivity index (χ3v) is 8.76. The number of benzene rings is 3. The van der Waals surface area contributed by atoms with Crippen molar-refractivity contribution in [2.75, 3.05) is 25.2 Å². The maximum Gasteiger partial charge on any atom is 0.301 e. The highest BCUT2D eigenvalue weighted by Gasteiger charge is 2.48. The second-order valence-electron chi connectivity index (χ2n) is 10.8. The number of nitrogens with zero attached hydrogens (tertiary/aromatic N) is 2. The lowest BCUT2D eigenvalue weighted by Crippen LogP contribution is -2.29. The van der Waals surface area contributed by atoms with Gasteiger partial charge in [0.2, 0.25) is 0 Å². The molecule has 228 valence electrons. The summed E-state index contributed by atoms with van der Waals surface area (Å²) in [5.74, 6) is 0.606. The molecule has 10 heteroatoms. The topological polar surface area (TPSA) is 107 Å². The Bertz CT molecular complexity index is 1780. The molecule has 6 rings (SSSR count). The molecule has 0 saturated carbocycles. The van der Waals surface area contributed by atoms with Gasteiger partial charge in [0.15, 0.2) is 16.6 Å². The zero-order chi connectivity index (χ0) is 31.0. The van der Waals surface area contributed by atoms with Crippen molar-refractivity contribution < 1.29 is 33.6 Å². The van der Waals surface area contributed by atoms with Crippen LogP contribution in [-0.2, 0) is 16.0 Å². The standard InChI is InChI=1S/C34H34N2O7S/c1-5-7-14-42-26-13-8-20(17-27(26)40-4)30-29(31(37)21-9-12-25-22(16-21)15-19(3)43-25)32(38)33(39)36(30)34-35-24-11-10-23(41-6-2)18-28(24)44-34/h8-13,16-19,30,37H,5-7,14-15H2,1-4H3/b31-29+/t19-,30-/m0/s1. The normalized spacial score (nSPS) is 18.9. The van der Waals surface area contributed by atoms with Crippen molar-refractivity contribution >= 4 is 44.1 Å². The molecule has 0 aliphatic carbocycles. The van der Waals surface area contributed by atoms with Crippen molar-refractivity contribution in [3.8, 4) is 23.0 Å². The molecule has 9 nitrogen and oxygen atoms in total. The highest BCUT2D eigenvalue weighted by Crippen LogP contribution is 2.46. The van der Waals surface area contributed by atoms with Gasteiger partial charge in [0, 0.05) is 12.0 Å². The number of aliphatic hydroxyl groups is 1. The molecule has 0 spiro atoms. The van der Waals surface area contributed by atoms with Gasteiger partial charge in [0.25, 0.3) is 5.78 Å². The van der Waals surface area contributed by atoms with E-state index in [2.05, 4.69) is 6.92 Å². The number of hydrogen-bond acceptors (Lipinski definition) is 9. The third-order valence-electron chi connectivity index (χ3n) is 7.74. The van der Waals surface area contributed by atoms with Gasteiger partial charge in [-0.2, -0.15) is 0 Å². The number of aliphatic hydroxyl groups excluding tert-OH is 1. The van der Waals surface area contributed by atoms with Crippen LogP contribution in [0.15, 0.2) is 60.2 Å². The molecule has 44 heavy (non-hydrogen) atoms. The Kier molecular flexibility index (Phi) is 8.18. The first-order chi connectivity index (χ1) is 21.3. The first kappa shape index (κ1) is 29.5. The molecule has 1 amide bonds. The predicted octanol–water partition coefficient (Wildman–Crippen LogP) is 6.83. The minimum atomic E-state index is -0.969. The number of rotatable bonds is 10. The van der Waals surface area contributed by atoms with E-state index in [1.165, 1.54) is 16.2 Å². The summed E-state index contributed by atoms with van der Waals surface area (Å²) in [6, 6.07) is 15.2. The minimum absolute atomic E-state index is 0.0146. The first-order valence-electron chi connectivity index (χ1n) is 14.8. The summed E-state index contributed by atoms with van der Waals surface area (Å²) in [4.78, 5) is 33.7. The van der Waals surface area contributed by atoms with Crippen molar-refractivity contribution in [1.29, 1.82) is 0 Å². The van der Waals surface area contributed by atoms with Gasteiger partial charge in [-0.3, -0.25) is 14.5 Å². The number of hydrogen-bond donors (Lipinski definition) is 1. The SMILES string of the molecule is CCCCOc1ccc([C@H]2/C(=C(\O)c3ccc4c(c3)C[C@H](C)O4)C(=O)C(=O)N2c2nc3ccc(OCC)cc3s2)cc1OC. The lowest BCUT2D eigenvalue weighted by Gasteiger charge is -2.24. The molecule has 2 aliphatic rings. The highest BCUT2D eigenvalue weighted by molar-refractivity contribution is 7.22. The van der Waals surface area contributed by atoms with Gasteiger partial charge >= 0.3 is 5.91 Å². The molecule has 0 bridgehead atoms. The van der Waals surface area contributed by atoms with Crippen molar-refractivity contribution in [3.05, 3.63) is 76.9 Å². The highest BCUT2D eigenvalue weighted by atomic mass is 32.1. The van der Waals surface area contributed by atoms with Gasteiger partial charge < -0.3 is 24.1 Å². The van der Waals surface area contributed by atoms with Crippen LogP contribution in [0, 0.1) is 0 Å². The van der Waals surface area contributed by atoms with Crippen molar-refractivity contribution in [2.24, 2.45) is 0 Å². The van der Waals surface area contributed by atoms with Crippen molar-refractivity contribution in [2.45, 2.75) is 52.2 Å². The summed E-state index contributed by atoms with van der Waals surface area (Å²) in [7, 11) is 1.54. The van der Waals surface area contributed by atoms with Crippen LogP contribution < -0.4 is 23.8 Å². The van der Waals surface area contributed by atoms with E-state index >= 15 is 0 Å². The molecule has 0 unspecified atom stereocenters. The van der Waals surface area contributed by atoms with Gasteiger partial charge in [0.05, 0.1) is 42.2 Å². The number of fused-ring (bicyclic) bond motifs is 2. The van der Waals surface area contributed by atoms with Gasteiger partial charge in [-0.15, -0.1) is 0 Å². The number of Topliss-reactive ketones (excluding diaryl/α,β-unsaturated/α-hetero) is 1. The van der Waals surface area contributed by atoms with Crippen LogP contribution in [0.4, 0.5) is 5.13 Å². The fourth-order valence-corrected chi connectivity index (χ4v) is 6.64. The van der Waals surface area contributed by atoms with E-state index < -0.39 is 17.7 Å². The predicted molar refractivity (Wildman–Crippen MR) is 169 cm³/mol. The Hall–Kier alpha value is -4.57. The maximum absolute atomic E-state index is 13.8. The van der Waals surface area contributed by atoms with Gasteiger partial charge in [-0.25, -0.2) is 4.98 Å². The molecule has 0 radical (unpaired) electrons. The molecule has 1 saturated heterocycles. The van der Waals surface area contributed by atoms with Gasteiger partial charge in [0.1, 0.15) is 23.4 Å². The molecule has 3 aromatic carbocycles. The van der Waals surface area contributed by atoms with Crippen molar-refractivity contribution in [3.63, 3.8) is 0 Å². The third kappa shape index (κ3) is 5.34. The number of anilines is 1. The minimum Gasteiger partial charge on any atom is -0.507 e. The zero-order valence-corrected chi connectivity index (χ0v) is 25.9. The van der Waals surface area contributed by atoms with E-state index in [1.54, 1.807) is 37.4 Å². The first-order valence-corrected chi connectivity index (χ1v) is 15.6. The largest absolute Gasteiger partial charge is 0.507 e. The van der Waals surface area contributed by atoms with E-state index in [0.717, 1.165) is 28.9 Å². The average molecular weight is 615 g/mol. The monoisotopic (exact) mass is 614 g/mol. The Labute approximate surface area is 259 Å². The van der Waals surface area contributed by atoms with Crippen LogP contribution in [-0.4, -0.2) is 48.2 Å². The van der Waals surface area contributed by atoms with Gasteiger partial charge in [-0.1, -0.05) is 30.7 Å². The van der Waals surface area contributed by atoms with Crippen molar-refractivity contribution in [1.82, 2.24) is 4.98 Å². The summed E-state index contributed by atoms with van der Waals surface area (Å²) < 4.78 is 23.9.